The van der Waals surface area contributed by atoms with Crippen LogP contribution in [0.1, 0.15) is 41.0 Å². The van der Waals surface area contributed by atoms with Crippen LogP contribution < -0.4 is 4.74 Å². The number of ketones is 1. The maximum atomic E-state index is 13.2. The Morgan fingerprint density at radius 3 is 2.83 bits per heavy atom. The third-order valence-corrected chi connectivity index (χ3v) is 6.19. The first-order chi connectivity index (χ1) is 14.5. The molecule has 4 rings (SSSR count). The van der Waals surface area contributed by atoms with Gasteiger partial charge in [-0.15, -0.1) is 11.3 Å². The Bertz CT molecular complexity index is 978. The number of phenolic OH excluding ortho intramolecular Hbond substituents is 1. The Morgan fingerprint density at radius 1 is 1.33 bits per heavy atom. The number of rotatable bonds is 7. The highest BCUT2D eigenvalue weighted by atomic mass is 32.1. The molecule has 1 aromatic carbocycles. The van der Waals surface area contributed by atoms with Crippen molar-refractivity contribution in [3.63, 3.8) is 0 Å². The summed E-state index contributed by atoms with van der Waals surface area (Å²) in [5.41, 5.74) is 0.611. The lowest BCUT2D eigenvalue weighted by atomic mass is 9.95. The minimum atomic E-state index is -0.795. The molecule has 8 heteroatoms. The molecule has 3 heterocycles. The van der Waals surface area contributed by atoms with Gasteiger partial charge in [0.2, 0.25) is 5.78 Å². The van der Waals surface area contributed by atoms with Gasteiger partial charge < -0.3 is 24.6 Å². The van der Waals surface area contributed by atoms with Crippen molar-refractivity contribution < 1.29 is 29.3 Å². The maximum absolute atomic E-state index is 13.2. The number of aromatic hydroxyl groups is 1. The number of phenols is 1. The number of carbonyl (C=O) groups excluding carboxylic acids is 2. The van der Waals surface area contributed by atoms with Crippen molar-refractivity contribution in [3.05, 3.63) is 57.5 Å². The fourth-order valence-electron chi connectivity index (χ4n) is 3.94. The summed E-state index contributed by atoms with van der Waals surface area (Å²) in [5.74, 6) is -1.30. The monoisotopic (exact) mass is 429 g/mol. The second kappa shape index (κ2) is 8.49. The second-order valence-electron chi connectivity index (χ2n) is 7.22. The number of amides is 1. The number of aliphatic hydroxyl groups excluding tert-OH is 1. The van der Waals surface area contributed by atoms with Crippen LogP contribution in [-0.2, 0) is 9.53 Å². The summed E-state index contributed by atoms with van der Waals surface area (Å²) < 4.78 is 11.2. The Balaban J connectivity index is 1.78. The van der Waals surface area contributed by atoms with Crippen molar-refractivity contribution in [1.82, 2.24) is 4.90 Å². The van der Waals surface area contributed by atoms with Crippen molar-refractivity contribution in [1.29, 1.82) is 0 Å². The van der Waals surface area contributed by atoms with Crippen LogP contribution in [0.4, 0.5) is 0 Å². The number of hydrogen-bond acceptors (Lipinski definition) is 7. The minimum absolute atomic E-state index is 0.0325. The van der Waals surface area contributed by atoms with Crippen LogP contribution in [0.25, 0.3) is 0 Å². The third-order valence-electron chi connectivity index (χ3n) is 5.32. The van der Waals surface area contributed by atoms with Crippen LogP contribution in [0.15, 0.2) is 47.0 Å². The van der Waals surface area contributed by atoms with E-state index >= 15 is 0 Å². The molecule has 2 aromatic rings. The Labute approximate surface area is 178 Å². The lowest BCUT2D eigenvalue weighted by molar-refractivity contribution is -0.131. The molecule has 0 radical (unpaired) electrons. The molecule has 0 spiro atoms. The SMILES string of the molecule is CCOc1cc([C@@H]2C(C(=O)c3cccs3)=C(O)C(=O)N2C[C@H]2CCCO2)ccc1O. The summed E-state index contributed by atoms with van der Waals surface area (Å²) in [5, 5.41) is 22.5. The lowest BCUT2D eigenvalue weighted by Crippen LogP contribution is -2.37. The predicted octanol–water partition coefficient (Wildman–Crippen LogP) is 3.61. The van der Waals surface area contributed by atoms with E-state index in [2.05, 4.69) is 0 Å². The van der Waals surface area contributed by atoms with Crippen molar-refractivity contribution in [2.45, 2.75) is 31.9 Å². The Morgan fingerprint density at radius 2 is 2.17 bits per heavy atom. The number of carbonyl (C=O) groups is 2. The molecule has 1 aromatic heterocycles. The van der Waals surface area contributed by atoms with Gasteiger partial charge in [0, 0.05) is 13.2 Å². The first-order valence-electron chi connectivity index (χ1n) is 9.90. The number of aliphatic hydroxyl groups is 1. The molecule has 2 aliphatic heterocycles. The summed E-state index contributed by atoms with van der Waals surface area (Å²) in [4.78, 5) is 28.1. The molecule has 0 saturated carbocycles. The highest BCUT2D eigenvalue weighted by molar-refractivity contribution is 7.12. The number of nitrogens with zero attached hydrogens (tertiary/aromatic N) is 1. The third kappa shape index (κ3) is 3.68. The van der Waals surface area contributed by atoms with Crippen molar-refractivity contribution >= 4 is 23.0 Å². The van der Waals surface area contributed by atoms with Gasteiger partial charge in [-0.3, -0.25) is 9.59 Å². The van der Waals surface area contributed by atoms with E-state index in [9.17, 15) is 19.8 Å². The molecule has 1 saturated heterocycles. The molecule has 0 unspecified atom stereocenters. The second-order valence-corrected chi connectivity index (χ2v) is 8.17. The smallest absolute Gasteiger partial charge is 0.290 e. The normalized spacial score (nSPS) is 21.5. The average Bonchev–Trinajstić information content (AvgIpc) is 3.48. The summed E-state index contributed by atoms with van der Waals surface area (Å²) in [6, 6.07) is 7.34. The van der Waals surface area contributed by atoms with Crippen LogP contribution in [0.3, 0.4) is 0 Å². The zero-order valence-electron chi connectivity index (χ0n) is 16.5. The van der Waals surface area contributed by atoms with E-state index in [0.717, 1.165) is 12.8 Å². The fraction of sp³-hybridized carbons (Fsp3) is 0.364. The van der Waals surface area contributed by atoms with Gasteiger partial charge in [-0.05, 0) is 48.9 Å². The summed E-state index contributed by atoms with van der Waals surface area (Å²) in [6.45, 7) is 3.04. The Kier molecular flexibility index (Phi) is 5.78. The maximum Gasteiger partial charge on any atom is 0.290 e. The van der Waals surface area contributed by atoms with E-state index in [0.29, 0.717) is 23.7 Å². The number of hydrogen-bond donors (Lipinski definition) is 2. The number of benzene rings is 1. The number of thiophene rings is 1. The van der Waals surface area contributed by atoms with Gasteiger partial charge in [-0.25, -0.2) is 0 Å². The van der Waals surface area contributed by atoms with Crippen LogP contribution in [-0.4, -0.2) is 52.7 Å². The van der Waals surface area contributed by atoms with E-state index in [1.807, 2.05) is 0 Å². The van der Waals surface area contributed by atoms with Crippen LogP contribution in [0.2, 0.25) is 0 Å². The molecule has 0 bridgehead atoms. The van der Waals surface area contributed by atoms with Crippen LogP contribution in [0, 0.1) is 0 Å². The summed E-state index contributed by atoms with van der Waals surface area (Å²) >= 11 is 1.25. The van der Waals surface area contributed by atoms with Crippen molar-refractivity contribution in [2.24, 2.45) is 0 Å². The van der Waals surface area contributed by atoms with Crippen molar-refractivity contribution in [3.8, 4) is 11.5 Å². The average molecular weight is 429 g/mol. The zero-order valence-corrected chi connectivity index (χ0v) is 17.4. The van der Waals surface area contributed by atoms with Gasteiger partial charge in [0.1, 0.15) is 0 Å². The van der Waals surface area contributed by atoms with E-state index in [1.165, 1.54) is 22.3 Å². The molecule has 7 nitrogen and oxygen atoms in total. The summed E-state index contributed by atoms with van der Waals surface area (Å²) in [7, 11) is 0. The molecule has 30 heavy (non-hydrogen) atoms. The zero-order chi connectivity index (χ0) is 21.3. The molecule has 2 atom stereocenters. The molecule has 0 aliphatic carbocycles. The van der Waals surface area contributed by atoms with Gasteiger partial charge in [-0.1, -0.05) is 12.1 Å². The minimum Gasteiger partial charge on any atom is -0.504 e. The molecule has 1 amide bonds. The molecule has 2 aliphatic rings. The van der Waals surface area contributed by atoms with Crippen LogP contribution in [0.5, 0.6) is 11.5 Å². The molecule has 2 N–H and O–H groups in total. The lowest BCUT2D eigenvalue weighted by Gasteiger charge is -2.29. The van der Waals surface area contributed by atoms with Gasteiger partial charge in [0.25, 0.3) is 5.91 Å². The topological polar surface area (TPSA) is 96.3 Å². The largest absolute Gasteiger partial charge is 0.504 e. The fourth-order valence-corrected chi connectivity index (χ4v) is 4.62. The highest BCUT2D eigenvalue weighted by Gasteiger charge is 2.45. The number of Topliss-reactive ketones (excluding diaryl/α,β-unsaturated/α-hetero) is 1. The number of ether oxygens (including phenoxy) is 2. The van der Waals surface area contributed by atoms with Gasteiger partial charge in [0.05, 0.1) is 29.2 Å². The quantitative estimate of drug-likeness (QED) is 0.653. The Hall–Kier alpha value is -2.84. The van der Waals surface area contributed by atoms with E-state index < -0.39 is 17.7 Å². The van der Waals surface area contributed by atoms with Crippen molar-refractivity contribution in [2.75, 3.05) is 19.8 Å². The summed E-state index contributed by atoms with van der Waals surface area (Å²) in [6.07, 6.45) is 1.57. The molecule has 1 fully saturated rings. The van der Waals surface area contributed by atoms with Gasteiger partial charge in [0.15, 0.2) is 17.3 Å². The molecule has 158 valence electrons. The highest BCUT2D eigenvalue weighted by Crippen LogP contribution is 2.42. The van der Waals surface area contributed by atoms with E-state index in [-0.39, 0.29) is 35.5 Å². The first-order valence-corrected chi connectivity index (χ1v) is 10.8. The van der Waals surface area contributed by atoms with Gasteiger partial charge in [-0.2, -0.15) is 0 Å². The van der Waals surface area contributed by atoms with E-state index in [1.54, 1.807) is 36.6 Å². The molecular weight excluding hydrogens is 406 g/mol. The standard InChI is InChI=1S/C22H23NO6S/c1-2-28-16-11-13(7-8-15(16)24)19-18(20(25)17-6-4-10-30-17)21(26)22(27)23(19)12-14-5-3-9-29-14/h4,6-8,10-11,14,19,24,26H,2-3,5,9,12H2,1H3/t14-,19-/m1/s1. The molecular formula is C22H23NO6S. The van der Waals surface area contributed by atoms with E-state index in [4.69, 9.17) is 9.47 Å². The van der Waals surface area contributed by atoms with Gasteiger partial charge >= 0.3 is 0 Å². The first kappa shape index (κ1) is 20.4. The predicted molar refractivity (Wildman–Crippen MR) is 111 cm³/mol. The van der Waals surface area contributed by atoms with Crippen LogP contribution >= 0.6 is 11.3 Å².